The van der Waals surface area contributed by atoms with Crippen molar-refractivity contribution in [1.29, 1.82) is 0 Å². The number of carboxylic acids is 1. The number of primary amides is 1. The number of rotatable bonds is 9. The van der Waals surface area contributed by atoms with Gasteiger partial charge in [-0.1, -0.05) is 15.9 Å². The van der Waals surface area contributed by atoms with Crippen LogP contribution in [0.1, 0.15) is 34.1 Å². The lowest BCUT2D eigenvalue weighted by molar-refractivity contribution is -0.142. The third-order valence-corrected chi connectivity index (χ3v) is 3.63. The third kappa shape index (κ3) is 11.1. The van der Waals surface area contributed by atoms with Crippen LogP contribution in [0, 0.1) is 0 Å². The predicted molar refractivity (Wildman–Crippen MR) is 97.9 cm³/mol. The Morgan fingerprint density at radius 2 is 1.67 bits per heavy atom. The van der Waals surface area contributed by atoms with E-state index in [1.165, 1.54) is 6.92 Å². The summed E-state index contributed by atoms with van der Waals surface area (Å²) in [6.45, 7) is 5.86. The van der Waals surface area contributed by atoms with Crippen LogP contribution >= 0.6 is 15.9 Å². The number of alkyl carbamates (subject to hydrolysis) is 1. The molecule has 0 aromatic carbocycles. The Hall–Kier alpha value is -2.37. The number of carboxylic acid groups (broad SMARTS) is 1. The van der Waals surface area contributed by atoms with Gasteiger partial charge in [0.2, 0.25) is 17.7 Å². The van der Waals surface area contributed by atoms with Gasteiger partial charge in [0.25, 0.3) is 0 Å². The van der Waals surface area contributed by atoms with Gasteiger partial charge < -0.3 is 31.5 Å². The third-order valence-electron chi connectivity index (χ3n) is 2.89. The molecule has 0 aliphatic carbocycles. The Labute approximate surface area is 164 Å². The van der Waals surface area contributed by atoms with Gasteiger partial charge in [0.05, 0.1) is 0 Å². The van der Waals surface area contributed by atoms with Gasteiger partial charge in [-0.2, -0.15) is 0 Å². The summed E-state index contributed by atoms with van der Waals surface area (Å²) in [5.41, 5.74) is 4.21. The van der Waals surface area contributed by atoms with E-state index in [4.69, 9.17) is 10.5 Å². The van der Waals surface area contributed by atoms with Gasteiger partial charge in [0.1, 0.15) is 22.5 Å². The fourth-order valence-electron chi connectivity index (χ4n) is 1.63. The molecule has 0 saturated heterocycles. The molecule has 0 unspecified atom stereocenters. The number of nitrogens with one attached hydrogen (secondary N) is 3. The minimum Gasteiger partial charge on any atom is -0.480 e. The van der Waals surface area contributed by atoms with Crippen molar-refractivity contribution in [3.8, 4) is 0 Å². The monoisotopic (exact) mass is 452 g/mol. The topological polar surface area (TPSA) is 177 Å². The molecule has 27 heavy (non-hydrogen) atoms. The van der Waals surface area contributed by atoms with Gasteiger partial charge in [0.15, 0.2) is 0 Å². The summed E-state index contributed by atoms with van der Waals surface area (Å²) in [5.74, 6) is -3.55. The number of halogens is 1. The summed E-state index contributed by atoms with van der Waals surface area (Å²) in [6.07, 6.45) is -1.11. The zero-order valence-electron chi connectivity index (χ0n) is 15.5. The first-order chi connectivity index (χ1) is 12.2. The number of hydrogen-bond acceptors (Lipinski definition) is 6. The molecule has 3 atom stereocenters. The Bertz CT molecular complexity index is 591. The lowest BCUT2D eigenvalue weighted by Gasteiger charge is -2.23. The first kappa shape index (κ1) is 24.6. The highest BCUT2D eigenvalue weighted by atomic mass is 79.9. The first-order valence-electron chi connectivity index (χ1n) is 7.95. The summed E-state index contributed by atoms with van der Waals surface area (Å²) >= 11 is 2.95. The fraction of sp³-hybridized carbons (Fsp3) is 0.667. The Morgan fingerprint density at radius 3 is 2.11 bits per heavy atom. The van der Waals surface area contributed by atoms with Crippen LogP contribution in [0.5, 0.6) is 0 Å². The maximum Gasteiger partial charge on any atom is 0.408 e. The second kappa shape index (κ2) is 10.7. The second-order valence-corrected chi connectivity index (χ2v) is 7.76. The first-order valence-corrected chi connectivity index (χ1v) is 8.87. The average molecular weight is 453 g/mol. The van der Waals surface area contributed by atoms with Gasteiger partial charge in [-0.05, 0) is 27.7 Å². The molecule has 0 radical (unpaired) electrons. The standard InChI is InChI=1S/C15H25BrN4O7/c1-7(19-14(26)27-15(2,3)4)11(22)20-9(13(24)25)6-18-12(23)8(16)5-10(17)21/h7-9H,5-6H2,1-4H3,(H2,17,21)(H,18,23)(H,19,26)(H,20,22)(H,24,25)/t7-,8-,9-/m0/s1. The largest absolute Gasteiger partial charge is 0.480 e. The van der Waals surface area contributed by atoms with Crippen LogP contribution < -0.4 is 21.7 Å². The average Bonchev–Trinajstić information content (AvgIpc) is 2.47. The highest BCUT2D eigenvalue weighted by Crippen LogP contribution is 2.07. The van der Waals surface area contributed by atoms with Crippen molar-refractivity contribution in [2.75, 3.05) is 6.54 Å². The quantitative estimate of drug-likeness (QED) is 0.285. The SMILES string of the molecule is C[C@H](NC(=O)OC(C)(C)C)C(=O)N[C@@H](CNC(=O)[C@@H](Br)CC(N)=O)C(=O)O. The van der Waals surface area contributed by atoms with Gasteiger partial charge in [0, 0.05) is 13.0 Å². The molecule has 0 fully saturated rings. The van der Waals surface area contributed by atoms with Gasteiger partial charge in [-0.15, -0.1) is 0 Å². The Balaban J connectivity index is 4.65. The van der Waals surface area contributed by atoms with Crippen LogP contribution in [0.4, 0.5) is 4.79 Å². The molecule has 0 aliphatic rings. The van der Waals surface area contributed by atoms with Crippen molar-refractivity contribution in [2.24, 2.45) is 5.73 Å². The minimum absolute atomic E-state index is 0.271. The van der Waals surface area contributed by atoms with E-state index in [2.05, 4.69) is 31.9 Å². The van der Waals surface area contributed by atoms with Crippen molar-refractivity contribution in [3.63, 3.8) is 0 Å². The Kier molecular flexibility index (Phi) is 9.76. The van der Waals surface area contributed by atoms with E-state index in [0.29, 0.717) is 0 Å². The molecule has 0 spiro atoms. The van der Waals surface area contributed by atoms with E-state index in [0.717, 1.165) is 0 Å². The lowest BCUT2D eigenvalue weighted by atomic mass is 10.2. The molecule has 11 nitrogen and oxygen atoms in total. The number of alkyl halides is 1. The molecule has 0 aliphatic heterocycles. The maximum atomic E-state index is 12.1. The number of hydrogen-bond donors (Lipinski definition) is 5. The molecule has 0 rings (SSSR count). The van der Waals surface area contributed by atoms with Crippen molar-refractivity contribution in [2.45, 2.75) is 56.6 Å². The van der Waals surface area contributed by atoms with Crippen LogP contribution in [0.25, 0.3) is 0 Å². The highest BCUT2D eigenvalue weighted by molar-refractivity contribution is 9.10. The molecular formula is C15H25BrN4O7. The van der Waals surface area contributed by atoms with Crippen LogP contribution in [0.15, 0.2) is 0 Å². The smallest absolute Gasteiger partial charge is 0.408 e. The Morgan fingerprint density at radius 1 is 1.11 bits per heavy atom. The number of carbonyl (C=O) groups is 5. The molecule has 4 amide bonds. The number of nitrogens with two attached hydrogens (primary N) is 1. The van der Waals surface area contributed by atoms with Crippen molar-refractivity contribution in [3.05, 3.63) is 0 Å². The molecule has 0 aromatic heterocycles. The summed E-state index contributed by atoms with van der Waals surface area (Å²) in [6, 6.07) is -2.52. The minimum atomic E-state index is -1.45. The summed E-state index contributed by atoms with van der Waals surface area (Å²) in [7, 11) is 0. The summed E-state index contributed by atoms with van der Waals surface area (Å²) < 4.78 is 5.00. The molecule has 0 saturated carbocycles. The van der Waals surface area contributed by atoms with Crippen molar-refractivity contribution >= 4 is 45.7 Å². The molecule has 0 aromatic rings. The van der Waals surface area contributed by atoms with E-state index in [9.17, 15) is 29.1 Å². The maximum absolute atomic E-state index is 12.1. The van der Waals surface area contributed by atoms with E-state index < -0.39 is 58.8 Å². The van der Waals surface area contributed by atoms with E-state index in [1.807, 2.05) is 0 Å². The molecule has 154 valence electrons. The van der Waals surface area contributed by atoms with Gasteiger partial charge in [-0.25, -0.2) is 9.59 Å². The van der Waals surface area contributed by atoms with Crippen LogP contribution in [-0.4, -0.2) is 63.9 Å². The summed E-state index contributed by atoms with van der Waals surface area (Å²) in [4.78, 5) is 56.6. The van der Waals surface area contributed by atoms with Crippen LogP contribution in [0.2, 0.25) is 0 Å². The molecule has 0 bridgehead atoms. The molecule has 0 heterocycles. The normalized spacial score (nSPS) is 14.3. The van der Waals surface area contributed by atoms with Gasteiger partial charge >= 0.3 is 12.1 Å². The lowest BCUT2D eigenvalue weighted by Crippen LogP contribution is -2.54. The predicted octanol–water partition coefficient (Wildman–Crippen LogP) is -0.776. The number of amides is 4. The number of aliphatic carboxylic acids is 1. The van der Waals surface area contributed by atoms with Crippen LogP contribution in [0.3, 0.4) is 0 Å². The second-order valence-electron chi connectivity index (χ2n) is 6.65. The van der Waals surface area contributed by atoms with Gasteiger partial charge in [-0.3, -0.25) is 14.4 Å². The van der Waals surface area contributed by atoms with Crippen molar-refractivity contribution < 1.29 is 33.8 Å². The van der Waals surface area contributed by atoms with Crippen LogP contribution in [-0.2, 0) is 23.9 Å². The number of ether oxygens (including phenoxy) is 1. The zero-order chi connectivity index (χ0) is 21.4. The molecule has 6 N–H and O–H groups in total. The molecule has 12 heteroatoms. The van der Waals surface area contributed by atoms with Crippen molar-refractivity contribution in [1.82, 2.24) is 16.0 Å². The van der Waals surface area contributed by atoms with E-state index >= 15 is 0 Å². The van der Waals surface area contributed by atoms with E-state index in [-0.39, 0.29) is 6.42 Å². The number of carbonyl (C=O) groups excluding carboxylic acids is 4. The summed E-state index contributed by atoms with van der Waals surface area (Å²) in [5, 5.41) is 15.9. The zero-order valence-corrected chi connectivity index (χ0v) is 17.1. The molecular weight excluding hydrogens is 428 g/mol. The van der Waals surface area contributed by atoms with E-state index in [1.54, 1.807) is 20.8 Å². The fourth-order valence-corrected chi connectivity index (χ4v) is 2.11. The highest BCUT2D eigenvalue weighted by Gasteiger charge is 2.27.